The van der Waals surface area contributed by atoms with Crippen LogP contribution in [0.5, 0.6) is 0 Å². The molecular weight excluding hydrogens is 284 g/mol. The van der Waals surface area contributed by atoms with Crippen molar-refractivity contribution in [1.82, 2.24) is 0 Å². The van der Waals surface area contributed by atoms with Crippen molar-refractivity contribution in [3.05, 3.63) is 48.0 Å². The summed E-state index contributed by atoms with van der Waals surface area (Å²) in [6, 6.07) is 9.89. The van der Waals surface area contributed by atoms with Gasteiger partial charge in [0.1, 0.15) is 11.7 Å². The van der Waals surface area contributed by atoms with Gasteiger partial charge in [-0.25, -0.2) is 0 Å². The zero-order chi connectivity index (χ0) is 15.6. The zero-order valence-electron chi connectivity index (χ0n) is 12.8. The molecule has 2 aliphatic rings. The van der Waals surface area contributed by atoms with E-state index < -0.39 is 17.5 Å². The third-order valence-electron chi connectivity index (χ3n) is 4.22. The minimum Gasteiger partial charge on any atom is -0.373 e. The van der Waals surface area contributed by atoms with Crippen LogP contribution in [0, 0.1) is 0 Å². The van der Waals surface area contributed by atoms with Crippen LogP contribution in [0.15, 0.2) is 42.5 Å². The predicted molar refractivity (Wildman–Crippen MR) is 79.2 cm³/mol. The molecule has 2 heterocycles. The van der Waals surface area contributed by atoms with Crippen LogP contribution in [0.4, 0.5) is 0 Å². The second kappa shape index (κ2) is 5.93. The number of fused-ring (bicyclic) bond motifs is 2. The van der Waals surface area contributed by atoms with Crippen molar-refractivity contribution in [2.24, 2.45) is 0 Å². The average molecular weight is 304 g/mol. The molecule has 1 aromatic carbocycles. The fourth-order valence-electron chi connectivity index (χ4n) is 3.05. The van der Waals surface area contributed by atoms with E-state index in [0.29, 0.717) is 13.2 Å². The lowest BCUT2D eigenvalue weighted by molar-refractivity contribution is -0.275. The minimum atomic E-state index is -1.34. The maximum Gasteiger partial charge on any atom is 0.259 e. The summed E-state index contributed by atoms with van der Waals surface area (Å²) in [5.41, 5.74) is 0.375. The first-order valence-corrected chi connectivity index (χ1v) is 7.26. The third kappa shape index (κ3) is 2.50. The number of methoxy groups -OCH3 is 2. The molecule has 5 heteroatoms. The lowest BCUT2D eigenvalue weighted by Crippen LogP contribution is -2.60. The van der Waals surface area contributed by atoms with E-state index in [9.17, 15) is 4.79 Å². The van der Waals surface area contributed by atoms with Crippen molar-refractivity contribution in [3.63, 3.8) is 0 Å². The Kier molecular flexibility index (Phi) is 4.14. The summed E-state index contributed by atoms with van der Waals surface area (Å²) in [5, 5.41) is 0. The lowest BCUT2D eigenvalue weighted by Gasteiger charge is -2.42. The summed E-state index contributed by atoms with van der Waals surface area (Å²) in [7, 11) is 2.91. The molecule has 0 saturated carbocycles. The highest BCUT2D eigenvalue weighted by molar-refractivity contribution is 5.89. The molecule has 2 aliphatic heterocycles. The van der Waals surface area contributed by atoms with Crippen LogP contribution in [0.25, 0.3) is 0 Å². The molecule has 0 N–H and O–H groups in total. The van der Waals surface area contributed by atoms with Gasteiger partial charge in [-0.3, -0.25) is 4.79 Å². The van der Waals surface area contributed by atoms with E-state index in [2.05, 4.69) is 0 Å². The minimum absolute atomic E-state index is 0.123. The molecule has 0 amide bonds. The molecule has 5 nitrogen and oxygen atoms in total. The number of ether oxygens (including phenoxy) is 4. The summed E-state index contributed by atoms with van der Waals surface area (Å²) in [5.74, 6) is -1.46. The standard InChI is InChI=1S/C17H20O5/c1-19-17(20-2)14(18)10-16(9-8-15(17)22-16)12-21-11-13-6-4-3-5-7-13/h3-9,15H,10-12H2,1-2H3. The van der Waals surface area contributed by atoms with Crippen molar-refractivity contribution < 1.29 is 23.7 Å². The van der Waals surface area contributed by atoms with Gasteiger partial charge in [0.05, 0.1) is 13.2 Å². The van der Waals surface area contributed by atoms with Crippen LogP contribution in [-0.2, 0) is 30.3 Å². The highest BCUT2D eigenvalue weighted by Crippen LogP contribution is 2.41. The quantitative estimate of drug-likeness (QED) is 0.593. The van der Waals surface area contributed by atoms with Gasteiger partial charge >= 0.3 is 0 Å². The van der Waals surface area contributed by atoms with E-state index in [1.165, 1.54) is 14.2 Å². The van der Waals surface area contributed by atoms with Crippen LogP contribution in [0.3, 0.4) is 0 Å². The van der Waals surface area contributed by atoms with Crippen molar-refractivity contribution in [2.45, 2.75) is 30.5 Å². The number of hydrogen-bond donors (Lipinski definition) is 0. The Balaban J connectivity index is 1.65. The highest BCUT2D eigenvalue weighted by atomic mass is 16.7. The monoisotopic (exact) mass is 304 g/mol. The molecule has 1 fully saturated rings. The maximum absolute atomic E-state index is 12.5. The second-order valence-electron chi connectivity index (χ2n) is 5.62. The van der Waals surface area contributed by atoms with E-state index in [0.717, 1.165) is 5.56 Å². The number of rotatable bonds is 6. The summed E-state index contributed by atoms with van der Waals surface area (Å²) < 4.78 is 22.3. The Hall–Kier alpha value is -1.53. The molecule has 0 radical (unpaired) electrons. The van der Waals surface area contributed by atoms with Gasteiger partial charge in [-0.2, -0.15) is 0 Å². The van der Waals surface area contributed by atoms with Gasteiger partial charge < -0.3 is 18.9 Å². The Morgan fingerprint density at radius 1 is 1.23 bits per heavy atom. The first-order valence-electron chi connectivity index (χ1n) is 7.26. The van der Waals surface area contributed by atoms with Crippen LogP contribution < -0.4 is 0 Å². The van der Waals surface area contributed by atoms with Gasteiger partial charge in [0, 0.05) is 20.6 Å². The number of Topliss-reactive ketones (excluding diaryl/α,β-unsaturated/α-hetero) is 1. The smallest absolute Gasteiger partial charge is 0.259 e. The van der Waals surface area contributed by atoms with Crippen LogP contribution in [0.2, 0.25) is 0 Å². The second-order valence-corrected chi connectivity index (χ2v) is 5.62. The third-order valence-corrected chi connectivity index (χ3v) is 4.22. The van der Waals surface area contributed by atoms with E-state index in [4.69, 9.17) is 18.9 Å². The Bertz CT molecular complexity index is 564. The SMILES string of the molecule is COC1(OC)C(=O)CC2(COCc3ccccc3)C=CC1O2. The molecule has 0 aromatic heterocycles. The molecule has 1 aromatic rings. The molecule has 0 spiro atoms. The number of carbonyl (C=O) groups is 1. The molecule has 118 valence electrons. The van der Waals surface area contributed by atoms with Crippen LogP contribution in [0.1, 0.15) is 12.0 Å². The van der Waals surface area contributed by atoms with Crippen LogP contribution >= 0.6 is 0 Å². The van der Waals surface area contributed by atoms with Gasteiger partial charge in [0.15, 0.2) is 5.78 Å². The normalized spacial score (nSPS) is 29.0. The summed E-state index contributed by atoms with van der Waals surface area (Å²) in [4.78, 5) is 12.5. The van der Waals surface area contributed by atoms with Crippen molar-refractivity contribution in [3.8, 4) is 0 Å². The Morgan fingerprint density at radius 3 is 2.64 bits per heavy atom. The predicted octanol–water partition coefficient (Wildman–Crippen LogP) is 1.86. The van der Waals surface area contributed by atoms with E-state index >= 15 is 0 Å². The Morgan fingerprint density at radius 2 is 1.95 bits per heavy atom. The highest BCUT2D eigenvalue weighted by Gasteiger charge is 2.58. The molecule has 3 rings (SSSR count). The van der Waals surface area contributed by atoms with Crippen molar-refractivity contribution in [2.75, 3.05) is 20.8 Å². The number of benzene rings is 1. The number of carbonyl (C=O) groups excluding carboxylic acids is 1. The van der Waals surface area contributed by atoms with Crippen molar-refractivity contribution in [1.29, 1.82) is 0 Å². The van der Waals surface area contributed by atoms with Gasteiger partial charge in [-0.1, -0.05) is 42.5 Å². The summed E-state index contributed by atoms with van der Waals surface area (Å²) >= 11 is 0. The van der Waals surface area contributed by atoms with Gasteiger partial charge in [0.2, 0.25) is 0 Å². The fraction of sp³-hybridized carbons (Fsp3) is 0.471. The molecule has 2 bridgehead atoms. The average Bonchev–Trinajstić information content (AvgIpc) is 2.90. The van der Waals surface area contributed by atoms with Crippen LogP contribution in [-0.4, -0.2) is 44.1 Å². The number of ketones is 1. The van der Waals surface area contributed by atoms with Crippen molar-refractivity contribution >= 4 is 5.78 Å². The largest absolute Gasteiger partial charge is 0.373 e. The summed E-state index contributed by atoms with van der Waals surface area (Å²) in [6.07, 6.45) is 3.35. The van der Waals surface area contributed by atoms with Gasteiger partial charge in [0.25, 0.3) is 5.79 Å². The zero-order valence-corrected chi connectivity index (χ0v) is 12.8. The molecule has 0 aliphatic carbocycles. The van der Waals surface area contributed by atoms with E-state index in [-0.39, 0.29) is 12.2 Å². The van der Waals surface area contributed by atoms with E-state index in [1.54, 1.807) is 0 Å². The number of hydrogen-bond acceptors (Lipinski definition) is 5. The lowest BCUT2D eigenvalue weighted by atomic mass is 9.92. The molecule has 2 atom stereocenters. The molecule has 1 saturated heterocycles. The van der Waals surface area contributed by atoms with Gasteiger partial charge in [-0.05, 0) is 5.56 Å². The first kappa shape index (κ1) is 15.4. The Labute approximate surface area is 129 Å². The molecular formula is C17H20O5. The molecule has 22 heavy (non-hydrogen) atoms. The first-order chi connectivity index (χ1) is 10.6. The summed E-state index contributed by atoms with van der Waals surface area (Å²) in [6.45, 7) is 0.808. The maximum atomic E-state index is 12.5. The van der Waals surface area contributed by atoms with E-state index in [1.807, 2.05) is 42.5 Å². The molecule has 2 unspecified atom stereocenters. The fourth-order valence-corrected chi connectivity index (χ4v) is 3.05. The topological polar surface area (TPSA) is 54.0 Å². The van der Waals surface area contributed by atoms with Gasteiger partial charge in [-0.15, -0.1) is 0 Å².